The third-order valence-electron chi connectivity index (χ3n) is 2.53. The summed E-state index contributed by atoms with van der Waals surface area (Å²) >= 11 is 1.62. The summed E-state index contributed by atoms with van der Waals surface area (Å²) in [6, 6.07) is 7.35. The fraction of sp³-hybridized carbons (Fsp3) is 0.231. The topological polar surface area (TPSA) is 51.2 Å². The van der Waals surface area contributed by atoms with Crippen LogP contribution in [0.4, 0.5) is 0 Å². The average Bonchev–Trinajstić information content (AvgIpc) is 2.92. The van der Waals surface area contributed by atoms with E-state index in [1.165, 1.54) is 7.11 Å². The van der Waals surface area contributed by atoms with E-state index in [9.17, 15) is 4.79 Å². The molecule has 0 saturated heterocycles. The number of hydrogen-bond donors (Lipinski definition) is 1. The molecule has 1 unspecified atom stereocenters. The summed E-state index contributed by atoms with van der Waals surface area (Å²) in [4.78, 5) is 17.2. The van der Waals surface area contributed by atoms with Crippen LogP contribution in [0.1, 0.15) is 28.2 Å². The number of ether oxygens (including phenoxy) is 1. The van der Waals surface area contributed by atoms with E-state index in [0.29, 0.717) is 11.4 Å². The molecule has 1 atom stereocenters. The minimum Gasteiger partial charge on any atom is -0.480 e. The molecule has 2 rings (SSSR count). The number of carbonyl (C=O) groups is 1. The van der Waals surface area contributed by atoms with E-state index in [-0.39, 0.29) is 11.9 Å². The number of methoxy groups -OCH3 is 1. The molecule has 0 saturated carbocycles. The van der Waals surface area contributed by atoms with Crippen LogP contribution in [-0.2, 0) is 0 Å². The van der Waals surface area contributed by atoms with Gasteiger partial charge in [-0.05, 0) is 30.5 Å². The lowest BCUT2D eigenvalue weighted by molar-refractivity contribution is 0.0936. The molecule has 0 aliphatic heterocycles. The lowest BCUT2D eigenvalue weighted by Gasteiger charge is -2.13. The van der Waals surface area contributed by atoms with Crippen LogP contribution in [0, 0.1) is 0 Å². The van der Waals surface area contributed by atoms with Gasteiger partial charge in [-0.25, -0.2) is 4.98 Å². The van der Waals surface area contributed by atoms with Gasteiger partial charge in [0.25, 0.3) is 5.91 Å². The molecule has 0 aromatic carbocycles. The Morgan fingerprint density at radius 3 is 2.94 bits per heavy atom. The van der Waals surface area contributed by atoms with Crippen molar-refractivity contribution in [3.63, 3.8) is 0 Å². The Kier molecular flexibility index (Phi) is 3.94. The Morgan fingerprint density at radius 2 is 2.28 bits per heavy atom. The van der Waals surface area contributed by atoms with Gasteiger partial charge >= 0.3 is 0 Å². The summed E-state index contributed by atoms with van der Waals surface area (Å²) in [5.41, 5.74) is 0.448. The van der Waals surface area contributed by atoms with Gasteiger partial charge in [0.15, 0.2) is 0 Å². The quantitative estimate of drug-likeness (QED) is 0.921. The lowest BCUT2D eigenvalue weighted by Crippen LogP contribution is -2.26. The Hall–Kier alpha value is -1.88. The van der Waals surface area contributed by atoms with Crippen LogP contribution < -0.4 is 10.1 Å². The highest BCUT2D eigenvalue weighted by Gasteiger charge is 2.16. The van der Waals surface area contributed by atoms with Gasteiger partial charge in [-0.3, -0.25) is 4.79 Å². The highest BCUT2D eigenvalue weighted by Crippen LogP contribution is 2.20. The first-order chi connectivity index (χ1) is 8.72. The molecule has 5 heteroatoms. The number of nitrogens with one attached hydrogen (secondary N) is 1. The molecular formula is C13H14N2O2S. The second-order valence-electron chi connectivity index (χ2n) is 3.77. The van der Waals surface area contributed by atoms with E-state index in [2.05, 4.69) is 10.3 Å². The molecule has 4 nitrogen and oxygen atoms in total. The number of hydrogen-bond acceptors (Lipinski definition) is 4. The molecule has 1 N–H and O–H groups in total. The molecular weight excluding hydrogens is 248 g/mol. The maximum Gasteiger partial charge on any atom is 0.257 e. The van der Waals surface area contributed by atoms with E-state index in [1.807, 2.05) is 24.4 Å². The molecule has 0 aliphatic carbocycles. The zero-order valence-electron chi connectivity index (χ0n) is 10.2. The van der Waals surface area contributed by atoms with Crippen molar-refractivity contribution in [2.45, 2.75) is 13.0 Å². The predicted octanol–water partition coefficient (Wildman–Crippen LogP) is 2.64. The molecule has 0 fully saturated rings. The maximum absolute atomic E-state index is 12.1. The third-order valence-corrected chi connectivity index (χ3v) is 3.58. The van der Waals surface area contributed by atoms with E-state index in [4.69, 9.17) is 4.74 Å². The van der Waals surface area contributed by atoms with Crippen molar-refractivity contribution in [2.24, 2.45) is 0 Å². The second kappa shape index (κ2) is 5.64. The molecule has 2 heterocycles. The highest BCUT2D eigenvalue weighted by atomic mass is 32.1. The second-order valence-corrected chi connectivity index (χ2v) is 4.75. The van der Waals surface area contributed by atoms with Gasteiger partial charge in [0.1, 0.15) is 5.56 Å². The molecule has 2 aromatic rings. The molecule has 0 aliphatic rings. The minimum atomic E-state index is -0.180. The monoisotopic (exact) mass is 262 g/mol. The largest absolute Gasteiger partial charge is 0.480 e. The van der Waals surface area contributed by atoms with E-state index >= 15 is 0 Å². The molecule has 1 amide bonds. The Morgan fingerprint density at radius 1 is 1.44 bits per heavy atom. The van der Waals surface area contributed by atoms with Gasteiger partial charge < -0.3 is 10.1 Å². The summed E-state index contributed by atoms with van der Waals surface area (Å²) in [7, 11) is 1.50. The molecule has 0 spiro atoms. The molecule has 2 aromatic heterocycles. The molecule has 0 radical (unpaired) electrons. The van der Waals surface area contributed by atoms with Crippen LogP contribution in [0.5, 0.6) is 5.88 Å². The smallest absolute Gasteiger partial charge is 0.257 e. The molecule has 94 valence electrons. The first-order valence-electron chi connectivity index (χ1n) is 5.55. The zero-order chi connectivity index (χ0) is 13.0. The third kappa shape index (κ3) is 2.68. The lowest BCUT2D eigenvalue weighted by atomic mass is 10.2. The van der Waals surface area contributed by atoms with Crippen molar-refractivity contribution in [3.8, 4) is 5.88 Å². The van der Waals surface area contributed by atoms with Crippen LogP contribution in [0.2, 0.25) is 0 Å². The van der Waals surface area contributed by atoms with Crippen molar-refractivity contribution >= 4 is 17.2 Å². The van der Waals surface area contributed by atoms with Crippen molar-refractivity contribution in [3.05, 3.63) is 46.3 Å². The van der Waals surface area contributed by atoms with Crippen molar-refractivity contribution in [2.75, 3.05) is 7.11 Å². The number of rotatable bonds is 4. The predicted molar refractivity (Wildman–Crippen MR) is 71.0 cm³/mol. The molecule has 18 heavy (non-hydrogen) atoms. The van der Waals surface area contributed by atoms with E-state index in [0.717, 1.165) is 4.88 Å². The van der Waals surface area contributed by atoms with E-state index in [1.54, 1.807) is 29.7 Å². The van der Waals surface area contributed by atoms with Crippen molar-refractivity contribution in [1.82, 2.24) is 10.3 Å². The van der Waals surface area contributed by atoms with Gasteiger partial charge in [-0.2, -0.15) is 0 Å². The van der Waals surface area contributed by atoms with Gasteiger partial charge in [0.2, 0.25) is 5.88 Å². The fourth-order valence-electron chi connectivity index (χ4n) is 1.61. The minimum absolute atomic E-state index is 0.0255. The normalized spacial score (nSPS) is 11.9. The first-order valence-corrected chi connectivity index (χ1v) is 6.43. The summed E-state index contributed by atoms with van der Waals surface area (Å²) in [6.07, 6.45) is 1.60. The zero-order valence-corrected chi connectivity index (χ0v) is 11.0. The fourth-order valence-corrected chi connectivity index (χ4v) is 2.34. The van der Waals surface area contributed by atoms with Crippen LogP contribution in [0.15, 0.2) is 35.8 Å². The number of aromatic nitrogens is 1. The van der Waals surface area contributed by atoms with Crippen molar-refractivity contribution < 1.29 is 9.53 Å². The maximum atomic E-state index is 12.1. The van der Waals surface area contributed by atoms with Gasteiger partial charge in [-0.15, -0.1) is 11.3 Å². The van der Waals surface area contributed by atoms with Gasteiger partial charge in [0.05, 0.1) is 13.2 Å². The van der Waals surface area contributed by atoms with Crippen LogP contribution in [0.25, 0.3) is 0 Å². The number of nitrogens with zero attached hydrogens (tertiary/aromatic N) is 1. The number of thiophene rings is 1. The summed E-state index contributed by atoms with van der Waals surface area (Å²) in [5, 5.41) is 4.91. The standard InChI is InChI=1S/C13H14N2O2S/c1-9(11-6-4-8-18-11)15-12(16)10-5-3-7-14-13(10)17-2/h3-9H,1-2H3,(H,15,16). The molecule has 0 bridgehead atoms. The number of pyridine rings is 1. The summed E-state index contributed by atoms with van der Waals surface area (Å²) < 4.78 is 5.07. The number of carbonyl (C=O) groups excluding carboxylic acids is 1. The van der Waals surface area contributed by atoms with Gasteiger partial charge in [0, 0.05) is 11.1 Å². The Balaban J connectivity index is 2.12. The Labute approximate surface area is 110 Å². The van der Waals surface area contributed by atoms with Crippen LogP contribution >= 0.6 is 11.3 Å². The summed E-state index contributed by atoms with van der Waals surface area (Å²) in [5.74, 6) is 0.161. The first kappa shape index (κ1) is 12.6. The van der Waals surface area contributed by atoms with E-state index < -0.39 is 0 Å². The SMILES string of the molecule is COc1ncccc1C(=O)NC(C)c1cccs1. The van der Waals surface area contributed by atoms with Crippen molar-refractivity contribution in [1.29, 1.82) is 0 Å². The number of amides is 1. The van der Waals surface area contributed by atoms with Gasteiger partial charge in [-0.1, -0.05) is 6.07 Å². The highest BCUT2D eigenvalue weighted by molar-refractivity contribution is 7.10. The average molecular weight is 262 g/mol. The summed E-state index contributed by atoms with van der Waals surface area (Å²) in [6.45, 7) is 1.95. The Bertz CT molecular complexity index is 526. The van der Waals surface area contributed by atoms with Crippen LogP contribution in [-0.4, -0.2) is 18.0 Å². The van der Waals surface area contributed by atoms with Crippen LogP contribution in [0.3, 0.4) is 0 Å².